The van der Waals surface area contributed by atoms with Crippen LogP contribution >= 0.6 is 11.8 Å². The van der Waals surface area contributed by atoms with E-state index >= 15 is 0 Å². The standard InChI is InChI=1S/C7H13F3OS/c1-2-6(11)4-3-5-12-7(8,9)10/h6,11H,2-5H2,1H3. The topological polar surface area (TPSA) is 20.2 Å². The van der Waals surface area contributed by atoms with Crippen molar-refractivity contribution in [2.24, 2.45) is 0 Å². The fraction of sp³-hybridized carbons (Fsp3) is 1.00. The van der Waals surface area contributed by atoms with Crippen LogP contribution < -0.4 is 0 Å². The largest absolute Gasteiger partial charge is 0.441 e. The summed E-state index contributed by atoms with van der Waals surface area (Å²) < 4.78 is 34.7. The van der Waals surface area contributed by atoms with Crippen LogP contribution in [0.4, 0.5) is 13.2 Å². The average molecular weight is 202 g/mol. The van der Waals surface area contributed by atoms with Gasteiger partial charge in [0, 0.05) is 5.75 Å². The van der Waals surface area contributed by atoms with Gasteiger partial charge in [0.1, 0.15) is 0 Å². The number of thioether (sulfide) groups is 1. The van der Waals surface area contributed by atoms with Gasteiger partial charge in [0.25, 0.3) is 0 Å². The third-order valence-corrected chi connectivity index (χ3v) is 2.24. The first-order valence-corrected chi connectivity index (χ1v) is 4.83. The normalized spacial score (nSPS) is 14.8. The van der Waals surface area contributed by atoms with E-state index in [9.17, 15) is 13.2 Å². The van der Waals surface area contributed by atoms with Crippen LogP contribution in [-0.4, -0.2) is 22.5 Å². The highest BCUT2D eigenvalue weighted by atomic mass is 32.2. The second kappa shape index (κ2) is 5.70. The summed E-state index contributed by atoms with van der Waals surface area (Å²) in [6, 6.07) is 0. The summed E-state index contributed by atoms with van der Waals surface area (Å²) >= 11 is -0.0251. The van der Waals surface area contributed by atoms with Crippen LogP contribution in [0.25, 0.3) is 0 Å². The van der Waals surface area contributed by atoms with Crippen LogP contribution in [0.5, 0.6) is 0 Å². The molecule has 0 radical (unpaired) electrons. The van der Waals surface area contributed by atoms with Gasteiger partial charge in [0.15, 0.2) is 0 Å². The van der Waals surface area contributed by atoms with Gasteiger partial charge in [-0.15, -0.1) is 0 Å². The molecule has 1 nitrogen and oxygen atoms in total. The van der Waals surface area contributed by atoms with Gasteiger partial charge in [-0.3, -0.25) is 0 Å². The Hall–Kier alpha value is 0.100. The van der Waals surface area contributed by atoms with Gasteiger partial charge >= 0.3 is 5.51 Å². The van der Waals surface area contributed by atoms with E-state index in [1.165, 1.54) is 0 Å². The molecule has 0 aliphatic carbocycles. The van der Waals surface area contributed by atoms with Gasteiger partial charge in [-0.25, -0.2) is 0 Å². The lowest BCUT2D eigenvalue weighted by atomic mass is 10.2. The van der Waals surface area contributed by atoms with Gasteiger partial charge in [0.2, 0.25) is 0 Å². The van der Waals surface area contributed by atoms with E-state index in [2.05, 4.69) is 0 Å². The van der Waals surface area contributed by atoms with Crippen molar-refractivity contribution in [3.63, 3.8) is 0 Å². The fourth-order valence-electron chi connectivity index (χ4n) is 0.711. The number of rotatable bonds is 5. The number of aliphatic hydroxyl groups is 1. The first-order valence-electron chi connectivity index (χ1n) is 3.84. The molecule has 0 amide bonds. The predicted molar refractivity (Wildman–Crippen MR) is 44.0 cm³/mol. The Labute approximate surface area is 74.3 Å². The smallest absolute Gasteiger partial charge is 0.393 e. The monoisotopic (exact) mass is 202 g/mol. The minimum absolute atomic E-state index is 0.0251. The first kappa shape index (κ1) is 12.1. The highest BCUT2D eigenvalue weighted by Crippen LogP contribution is 2.30. The van der Waals surface area contributed by atoms with Crippen molar-refractivity contribution in [2.75, 3.05) is 5.75 Å². The van der Waals surface area contributed by atoms with Crippen molar-refractivity contribution in [1.29, 1.82) is 0 Å². The summed E-state index contributed by atoms with van der Waals surface area (Å²) in [4.78, 5) is 0. The molecule has 0 aliphatic heterocycles. The number of halogens is 3. The van der Waals surface area contributed by atoms with Gasteiger partial charge in [0.05, 0.1) is 6.10 Å². The Kier molecular flexibility index (Phi) is 5.74. The molecule has 0 saturated heterocycles. The molecule has 0 saturated carbocycles. The van der Waals surface area contributed by atoms with Crippen LogP contribution in [-0.2, 0) is 0 Å². The molecule has 0 rings (SSSR count). The van der Waals surface area contributed by atoms with Crippen molar-refractivity contribution >= 4 is 11.8 Å². The lowest BCUT2D eigenvalue weighted by molar-refractivity contribution is -0.0328. The highest BCUT2D eigenvalue weighted by Gasteiger charge is 2.27. The van der Waals surface area contributed by atoms with Crippen molar-refractivity contribution in [3.8, 4) is 0 Å². The molecule has 0 bridgehead atoms. The minimum atomic E-state index is -4.13. The van der Waals surface area contributed by atoms with E-state index < -0.39 is 11.6 Å². The van der Waals surface area contributed by atoms with Crippen LogP contribution in [0.1, 0.15) is 26.2 Å². The molecule has 1 unspecified atom stereocenters. The number of aliphatic hydroxyl groups excluding tert-OH is 1. The molecule has 1 N–H and O–H groups in total. The molecule has 74 valence electrons. The van der Waals surface area contributed by atoms with Crippen LogP contribution in [0.3, 0.4) is 0 Å². The van der Waals surface area contributed by atoms with E-state index in [1.807, 2.05) is 6.92 Å². The van der Waals surface area contributed by atoms with Crippen LogP contribution in [0, 0.1) is 0 Å². The molecule has 12 heavy (non-hydrogen) atoms. The lowest BCUT2D eigenvalue weighted by Crippen LogP contribution is -2.06. The highest BCUT2D eigenvalue weighted by molar-refractivity contribution is 8.00. The van der Waals surface area contributed by atoms with E-state index in [-0.39, 0.29) is 17.5 Å². The zero-order valence-corrected chi connectivity index (χ0v) is 7.71. The molecular weight excluding hydrogens is 189 g/mol. The second-order valence-electron chi connectivity index (χ2n) is 2.50. The predicted octanol–water partition coefficient (Wildman–Crippen LogP) is 2.79. The molecule has 5 heteroatoms. The fourth-order valence-corrected chi connectivity index (χ4v) is 1.25. The molecule has 1 atom stereocenters. The third-order valence-electron chi connectivity index (χ3n) is 1.42. The molecule has 0 aliphatic rings. The number of hydrogen-bond acceptors (Lipinski definition) is 2. The van der Waals surface area contributed by atoms with Gasteiger partial charge < -0.3 is 5.11 Å². The maximum absolute atomic E-state index is 11.6. The Balaban J connectivity index is 3.22. The zero-order chi connectivity index (χ0) is 9.61. The SMILES string of the molecule is CCC(O)CCCSC(F)(F)F. The van der Waals surface area contributed by atoms with Crippen molar-refractivity contribution in [2.45, 2.75) is 37.8 Å². The van der Waals surface area contributed by atoms with E-state index in [4.69, 9.17) is 5.11 Å². The minimum Gasteiger partial charge on any atom is -0.393 e. The molecule has 0 fully saturated rings. The maximum atomic E-state index is 11.6. The summed E-state index contributed by atoms with van der Waals surface area (Å²) in [6.07, 6.45) is 1.04. The zero-order valence-electron chi connectivity index (χ0n) is 6.90. The third kappa shape index (κ3) is 8.20. The van der Waals surface area contributed by atoms with E-state index in [0.29, 0.717) is 19.3 Å². The summed E-state index contributed by atoms with van der Waals surface area (Å²) in [7, 11) is 0. The van der Waals surface area contributed by atoms with Crippen molar-refractivity contribution in [1.82, 2.24) is 0 Å². The van der Waals surface area contributed by atoms with Crippen LogP contribution in [0.15, 0.2) is 0 Å². The Morgan fingerprint density at radius 1 is 1.42 bits per heavy atom. The van der Waals surface area contributed by atoms with Crippen LogP contribution in [0.2, 0.25) is 0 Å². The maximum Gasteiger partial charge on any atom is 0.441 e. The first-order chi connectivity index (χ1) is 5.45. The van der Waals surface area contributed by atoms with E-state index in [1.54, 1.807) is 0 Å². The summed E-state index contributed by atoms with van der Waals surface area (Å²) in [5.74, 6) is 0.0422. The van der Waals surface area contributed by atoms with E-state index in [0.717, 1.165) is 0 Å². The molecule has 0 aromatic heterocycles. The number of hydrogen-bond donors (Lipinski definition) is 1. The van der Waals surface area contributed by atoms with Gasteiger partial charge in [-0.2, -0.15) is 13.2 Å². The summed E-state index contributed by atoms with van der Waals surface area (Å²) in [5.41, 5.74) is -4.13. The Morgan fingerprint density at radius 3 is 2.42 bits per heavy atom. The second-order valence-corrected chi connectivity index (χ2v) is 3.66. The molecular formula is C7H13F3OS. The molecule has 0 aromatic rings. The average Bonchev–Trinajstić information content (AvgIpc) is 1.96. The molecule has 0 heterocycles. The number of alkyl halides is 3. The Bertz CT molecular complexity index is 116. The van der Waals surface area contributed by atoms with Gasteiger partial charge in [-0.1, -0.05) is 18.7 Å². The molecule has 0 aromatic carbocycles. The summed E-state index contributed by atoms with van der Waals surface area (Å²) in [6.45, 7) is 1.81. The Morgan fingerprint density at radius 2 is 2.00 bits per heavy atom. The summed E-state index contributed by atoms with van der Waals surface area (Å²) in [5, 5.41) is 9.00. The van der Waals surface area contributed by atoms with Crippen molar-refractivity contribution < 1.29 is 18.3 Å². The molecule has 0 spiro atoms. The van der Waals surface area contributed by atoms with Gasteiger partial charge in [-0.05, 0) is 19.3 Å². The van der Waals surface area contributed by atoms with Crippen molar-refractivity contribution in [3.05, 3.63) is 0 Å². The quantitative estimate of drug-likeness (QED) is 0.692. The lowest BCUT2D eigenvalue weighted by Gasteiger charge is -2.07.